The molecule has 2 heterocycles. The van der Waals surface area contributed by atoms with Crippen molar-refractivity contribution in [2.45, 2.75) is 39.5 Å². The first-order valence-electron chi connectivity index (χ1n) is 9.83. The molecule has 1 aromatic rings. The highest BCUT2D eigenvalue weighted by Gasteiger charge is 2.19. The van der Waals surface area contributed by atoms with E-state index < -0.39 is 0 Å². The van der Waals surface area contributed by atoms with Gasteiger partial charge in [0, 0.05) is 58.3 Å². The molecular weight excluding hydrogens is 360 g/mol. The number of piperazine rings is 1. The lowest BCUT2D eigenvalue weighted by Crippen LogP contribution is -2.49. The molecule has 2 atom stereocenters. The van der Waals surface area contributed by atoms with Gasteiger partial charge in [-0.1, -0.05) is 0 Å². The van der Waals surface area contributed by atoms with Gasteiger partial charge in [-0.25, -0.2) is 4.98 Å². The van der Waals surface area contributed by atoms with Gasteiger partial charge >= 0.3 is 0 Å². The molecular formula is C19H36N6OS. The van der Waals surface area contributed by atoms with Crippen LogP contribution in [-0.2, 0) is 11.3 Å². The molecule has 1 N–H and O–H groups in total. The van der Waals surface area contributed by atoms with E-state index in [-0.39, 0.29) is 6.10 Å². The Hall–Kier alpha value is -1.22. The number of guanidine groups is 1. The molecule has 0 aromatic carbocycles. The van der Waals surface area contributed by atoms with Crippen molar-refractivity contribution in [1.29, 1.82) is 0 Å². The molecule has 1 aliphatic rings. The zero-order chi connectivity index (χ0) is 19.8. The summed E-state index contributed by atoms with van der Waals surface area (Å²) in [6.45, 7) is 13.3. The van der Waals surface area contributed by atoms with Crippen molar-refractivity contribution in [3.63, 3.8) is 0 Å². The van der Waals surface area contributed by atoms with Crippen LogP contribution in [0.2, 0.25) is 0 Å². The van der Waals surface area contributed by atoms with Gasteiger partial charge in [-0.2, -0.15) is 0 Å². The number of nitrogens with zero attached hydrogens (tertiary/aromatic N) is 5. The summed E-state index contributed by atoms with van der Waals surface area (Å²) >= 11 is 1.65. The van der Waals surface area contributed by atoms with Crippen molar-refractivity contribution in [2.75, 3.05) is 60.5 Å². The minimum Gasteiger partial charge on any atom is -0.375 e. The van der Waals surface area contributed by atoms with Gasteiger partial charge in [0.05, 0.1) is 18.8 Å². The highest BCUT2D eigenvalue weighted by Crippen LogP contribution is 2.20. The van der Waals surface area contributed by atoms with Crippen molar-refractivity contribution in [3.8, 4) is 0 Å². The zero-order valence-electron chi connectivity index (χ0n) is 17.7. The van der Waals surface area contributed by atoms with Gasteiger partial charge in [0.25, 0.3) is 0 Å². The van der Waals surface area contributed by atoms with E-state index in [1.54, 1.807) is 18.4 Å². The van der Waals surface area contributed by atoms with Gasteiger partial charge in [-0.05, 0) is 27.8 Å². The summed E-state index contributed by atoms with van der Waals surface area (Å²) in [7, 11) is 5.98. The van der Waals surface area contributed by atoms with Crippen LogP contribution >= 0.6 is 11.3 Å². The summed E-state index contributed by atoms with van der Waals surface area (Å²) < 4.78 is 5.36. The predicted molar refractivity (Wildman–Crippen MR) is 114 cm³/mol. The van der Waals surface area contributed by atoms with E-state index in [2.05, 4.69) is 53.3 Å². The molecule has 0 radical (unpaired) electrons. The Labute approximate surface area is 168 Å². The summed E-state index contributed by atoms with van der Waals surface area (Å²) in [5.74, 6) is 0.938. The highest BCUT2D eigenvalue weighted by molar-refractivity contribution is 7.09. The maximum absolute atomic E-state index is 5.36. The molecule has 0 spiro atoms. The fourth-order valence-electron chi connectivity index (χ4n) is 3.07. The molecule has 2 unspecified atom stereocenters. The maximum atomic E-state index is 5.36. The Balaban J connectivity index is 1.93. The summed E-state index contributed by atoms with van der Waals surface area (Å²) in [4.78, 5) is 16.7. The minimum absolute atomic E-state index is 0.0420. The third-order valence-corrected chi connectivity index (χ3v) is 6.09. The van der Waals surface area contributed by atoms with E-state index in [4.69, 9.17) is 14.7 Å². The summed E-state index contributed by atoms with van der Waals surface area (Å²) in [5, 5.41) is 6.54. The van der Waals surface area contributed by atoms with Crippen LogP contribution in [0.3, 0.4) is 0 Å². The van der Waals surface area contributed by atoms with Gasteiger partial charge < -0.3 is 19.9 Å². The van der Waals surface area contributed by atoms with Crippen molar-refractivity contribution < 1.29 is 4.74 Å². The lowest BCUT2D eigenvalue weighted by atomic mass is 10.2. The molecule has 2 rings (SSSR count). The zero-order valence-corrected chi connectivity index (χ0v) is 18.6. The second kappa shape index (κ2) is 10.9. The van der Waals surface area contributed by atoms with Gasteiger partial charge in [-0.3, -0.25) is 9.89 Å². The van der Waals surface area contributed by atoms with E-state index in [1.807, 2.05) is 6.92 Å². The molecule has 1 saturated heterocycles. The van der Waals surface area contributed by atoms with Gasteiger partial charge in [0.15, 0.2) is 5.96 Å². The quantitative estimate of drug-likeness (QED) is 0.535. The lowest BCUT2D eigenvalue weighted by molar-refractivity contribution is 0.119. The number of hydrogen-bond acceptors (Lipinski definition) is 6. The lowest BCUT2D eigenvalue weighted by Gasteiger charge is -2.36. The third-order valence-electron chi connectivity index (χ3n) is 5.03. The van der Waals surface area contributed by atoms with Crippen LogP contribution in [0, 0.1) is 0 Å². The van der Waals surface area contributed by atoms with Crippen molar-refractivity contribution in [2.24, 2.45) is 4.99 Å². The number of thiazole rings is 1. The normalized spacial score (nSPS) is 19.1. The van der Waals surface area contributed by atoms with E-state index in [1.165, 1.54) is 0 Å². The molecule has 1 aromatic heterocycles. The Kier molecular flexibility index (Phi) is 8.95. The molecule has 1 fully saturated rings. The largest absolute Gasteiger partial charge is 0.375 e. The van der Waals surface area contributed by atoms with Crippen LogP contribution in [0.15, 0.2) is 10.4 Å². The number of aromatic nitrogens is 1. The number of ether oxygens (including phenoxy) is 1. The molecule has 1 aliphatic heterocycles. The van der Waals surface area contributed by atoms with Gasteiger partial charge in [0.2, 0.25) is 0 Å². The highest BCUT2D eigenvalue weighted by atomic mass is 32.1. The van der Waals surface area contributed by atoms with Crippen molar-refractivity contribution in [1.82, 2.24) is 25.0 Å². The first-order valence-corrected chi connectivity index (χ1v) is 10.7. The average molecular weight is 397 g/mol. The number of rotatable bonds is 8. The summed E-state index contributed by atoms with van der Waals surface area (Å²) in [6.07, 6.45) is 0.0420. The SMILES string of the molecule is CCNC(=NCC(C)N1CCN(C)CC1)N(C)Cc1csc(C(C)OC)n1. The van der Waals surface area contributed by atoms with Crippen molar-refractivity contribution >= 4 is 17.3 Å². The van der Waals surface area contributed by atoms with E-state index in [0.29, 0.717) is 6.04 Å². The number of methoxy groups -OCH3 is 1. The predicted octanol–water partition coefficient (Wildman–Crippen LogP) is 1.88. The van der Waals surface area contributed by atoms with Crippen LogP contribution in [0.25, 0.3) is 0 Å². The first-order chi connectivity index (χ1) is 12.9. The molecule has 7 nitrogen and oxygen atoms in total. The van der Waals surface area contributed by atoms with E-state index in [0.717, 1.165) is 62.5 Å². The smallest absolute Gasteiger partial charge is 0.194 e. The van der Waals surface area contributed by atoms with Crippen molar-refractivity contribution in [3.05, 3.63) is 16.1 Å². The molecule has 8 heteroatoms. The number of aliphatic imine (C=N–C) groups is 1. The average Bonchev–Trinajstić information content (AvgIpc) is 3.13. The number of nitrogens with one attached hydrogen (secondary N) is 1. The topological polar surface area (TPSA) is 56.2 Å². The number of hydrogen-bond donors (Lipinski definition) is 1. The fourth-order valence-corrected chi connectivity index (χ4v) is 3.91. The summed E-state index contributed by atoms with van der Waals surface area (Å²) in [6, 6.07) is 0.453. The van der Waals surface area contributed by atoms with E-state index in [9.17, 15) is 0 Å². The van der Waals surface area contributed by atoms with E-state index >= 15 is 0 Å². The van der Waals surface area contributed by atoms with Crippen LogP contribution in [-0.4, -0.2) is 92.2 Å². The van der Waals surface area contributed by atoms with Crippen LogP contribution in [0.1, 0.15) is 37.6 Å². The van der Waals surface area contributed by atoms with Crippen LogP contribution in [0.5, 0.6) is 0 Å². The minimum atomic E-state index is 0.0420. The summed E-state index contributed by atoms with van der Waals surface area (Å²) in [5.41, 5.74) is 1.05. The van der Waals surface area contributed by atoms with Crippen LogP contribution in [0.4, 0.5) is 0 Å². The molecule has 0 aliphatic carbocycles. The third kappa shape index (κ3) is 6.71. The fraction of sp³-hybridized carbons (Fsp3) is 0.789. The Morgan fingerprint density at radius 3 is 2.70 bits per heavy atom. The molecule has 0 bridgehead atoms. The Morgan fingerprint density at radius 1 is 1.37 bits per heavy atom. The monoisotopic (exact) mass is 396 g/mol. The molecule has 154 valence electrons. The second-order valence-electron chi connectivity index (χ2n) is 7.29. The second-order valence-corrected chi connectivity index (χ2v) is 8.18. The number of likely N-dealkylation sites (N-methyl/N-ethyl adjacent to an activating group) is 1. The van der Waals surface area contributed by atoms with Crippen LogP contribution < -0.4 is 5.32 Å². The van der Waals surface area contributed by atoms with Gasteiger partial charge in [0.1, 0.15) is 11.1 Å². The Morgan fingerprint density at radius 2 is 2.07 bits per heavy atom. The maximum Gasteiger partial charge on any atom is 0.194 e. The standard InChI is InChI=1S/C19H36N6OS/c1-7-20-19(21-12-15(2)25-10-8-23(4)9-11-25)24(5)13-17-14-27-18(22-17)16(3)26-6/h14-16H,7-13H2,1-6H3,(H,20,21). The molecule has 27 heavy (non-hydrogen) atoms. The Bertz CT molecular complexity index is 585. The molecule has 0 amide bonds. The first kappa shape index (κ1) is 22.1. The molecule has 0 saturated carbocycles. The van der Waals surface area contributed by atoms with Gasteiger partial charge in [-0.15, -0.1) is 11.3 Å².